The Kier molecular flexibility index (Phi) is 7.62. The van der Waals surface area contributed by atoms with Gasteiger partial charge in [0.05, 0.1) is 16.8 Å². The summed E-state index contributed by atoms with van der Waals surface area (Å²) in [6.45, 7) is 2.26. The van der Waals surface area contributed by atoms with Crippen molar-refractivity contribution in [2.45, 2.75) is 57.9 Å². The van der Waals surface area contributed by atoms with Crippen LogP contribution in [0.5, 0.6) is 0 Å². The molecule has 0 aromatic carbocycles. The topological polar surface area (TPSA) is 25.2 Å². The van der Waals surface area contributed by atoms with E-state index >= 15 is 0 Å². The van der Waals surface area contributed by atoms with Crippen molar-refractivity contribution in [3.63, 3.8) is 0 Å². The maximum Gasteiger partial charge on any atom is 0.134 e. The summed E-state index contributed by atoms with van der Waals surface area (Å²) in [5, 5.41) is 3.32. The highest BCUT2D eigenvalue weighted by Crippen LogP contribution is 2.27. The molecule has 1 unspecified atom stereocenters. The predicted molar refractivity (Wildman–Crippen MR) is 76.2 cm³/mol. The molecule has 1 aromatic heterocycles. The van der Waals surface area contributed by atoms with Gasteiger partial charge in [-0.1, -0.05) is 45.4 Å². The zero-order valence-electron chi connectivity index (χ0n) is 11.0. The number of rotatable bonds is 9. The first-order valence-electron chi connectivity index (χ1n) is 6.69. The first-order chi connectivity index (χ1) is 8.29. The van der Waals surface area contributed by atoms with E-state index in [2.05, 4.69) is 28.2 Å². The average Bonchev–Trinajstić information content (AvgIpc) is 2.75. The molecule has 0 aliphatic carbocycles. The van der Waals surface area contributed by atoms with E-state index in [-0.39, 0.29) is 0 Å². The van der Waals surface area contributed by atoms with Crippen LogP contribution in [0.25, 0.3) is 0 Å². The van der Waals surface area contributed by atoms with E-state index < -0.39 is 0 Å². The van der Waals surface area contributed by atoms with Gasteiger partial charge in [-0.2, -0.15) is 0 Å². The van der Waals surface area contributed by atoms with E-state index in [0.717, 1.165) is 16.7 Å². The largest absolute Gasteiger partial charge is 0.466 e. The fourth-order valence-corrected chi connectivity index (χ4v) is 2.57. The smallest absolute Gasteiger partial charge is 0.134 e. The zero-order valence-corrected chi connectivity index (χ0v) is 12.6. The molecule has 17 heavy (non-hydrogen) atoms. The fourth-order valence-electron chi connectivity index (χ4n) is 2.09. The Morgan fingerprint density at radius 1 is 1.24 bits per heavy atom. The van der Waals surface area contributed by atoms with E-state index in [0.29, 0.717) is 6.04 Å². The second-order valence-electron chi connectivity index (χ2n) is 4.53. The summed E-state index contributed by atoms with van der Waals surface area (Å²) in [6.07, 6.45) is 10.9. The number of unbranched alkanes of at least 4 members (excludes halogenated alkanes) is 5. The standard InChI is InChI=1S/C14H24BrNO/c1-3-4-5-6-7-8-9-13(16-2)14-12(15)10-11-17-14/h10-11,13,16H,3-9H2,1-2H3. The van der Waals surface area contributed by atoms with Gasteiger partial charge in [0.1, 0.15) is 5.76 Å². The number of hydrogen-bond acceptors (Lipinski definition) is 2. The van der Waals surface area contributed by atoms with Crippen molar-refractivity contribution in [1.29, 1.82) is 0 Å². The Bertz CT molecular complexity index is 298. The molecule has 0 aliphatic heterocycles. The summed E-state index contributed by atoms with van der Waals surface area (Å²) in [4.78, 5) is 0. The summed E-state index contributed by atoms with van der Waals surface area (Å²) >= 11 is 3.52. The normalized spacial score (nSPS) is 12.9. The third-order valence-electron chi connectivity index (χ3n) is 3.16. The molecule has 0 radical (unpaired) electrons. The second-order valence-corrected chi connectivity index (χ2v) is 5.38. The first-order valence-corrected chi connectivity index (χ1v) is 7.49. The molecule has 3 heteroatoms. The minimum Gasteiger partial charge on any atom is -0.466 e. The highest BCUT2D eigenvalue weighted by atomic mass is 79.9. The predicted octanol–water partition coefficient (Wildman–Crippen LogP) is 5.05. The van der Waals surface area contributed by atoms with Crippen molar-refractivity contribution in [2.75, 3.05) is 7.05 Å². The van der Waals surface area contributed by atoms with Crippen molar-refractivity contribution in [3.8, 4) is 0 Å². The van der Waals surface area contributed by atoms with Crippen LogP contribution in [-0.4, -0.2) is 7.05 Å². The van der Waals surface area contributed by atoms with Gasteiger partial charge in [0.15, 0.2) is 0 Å². The Balaban J connectivity index is 2.22. The summed E-state index contributed by atoms with van der Waals surface area (Å²) in [5.74, 6) is 1.03. The van der Waals surface area contributed by atoms with Crippen molar-refractivity contribution in [1.82, 2.24) is 5.32 Å². The van der Waals surface area contributed by atoms with E-state index in [1.54, 1.807) is 6.26 Å². The van der Waals surface area contributed by atoms with Gasteiger partial charge in [0.2, 0.25) is 0 Å². The lowest BCUT2D eigenvalue weighted by atomic mass is 10.0. The molecule has 0 fully saturated rings. The molecule has 2 nitrogen and oxygen atoms in total. The molecule has 0 saturated heterocycles. The van der Waals surface area contributed by atoms with E-state index in [1.807, 2.05) is 13.1 Å². The number of halogens is 1. The van der Waals surface area contributed by atoms with Crippen molar-refractivity contribution >= 4 is 15.9 Å². The SMILES string of the molecule is CCCCCCCCC(NC)c1occc1Br. The molecule has 98 valence electrons. The molecule has 0 bridgehead atoms. The lowest BCUT2D eigenvalue weighted by Gasteiger charge is -2.14. The van der Waals surface area contributed by atoms with Gasteiger partial charge in [-0.3, -0.25) is 0 Å². The molecule has 1 rings (SSSR count). The van der Waals surface area contributed by atoms with Crippen LogP contribution >= 0.6 is 15.9 Å². The van der Waals surface area contributed by atoms with E-state index in [1.165, 1.54) is 38.5 Å². The van der Waals surface area contributed by atoms with Crippen LogP contribution in [0.2, 0.25) is 0 Å². The van der Waals surface area contributed by atoms with Crippen LogP contribution in [0.3, 0.4) is 0 Å². The highest BCUT2D eigenvalue weighted by Gasteiger charge is 2.15. The summed E-state index contributed by atoms with van der Waals surface area (Å²) < 4.78 is 6.58. The Hall–Kier alpha value is -0.280. The molecule has 1 heterocycles. The molecule has 1 aromatic rings. The monoisotopic (exact) mass is 301 g/mol. The van der Waals surface area contributed by atoms with Gasteiger partial charge < -0.3 is 9.73 Å². The molecule has 0 saturated carbocycles. The molecule has 0 amide bonds. The van der Waals surface area contributed by atoms with Crippen LogP contribution < -0.4 is 5.32 Å². The first kappa shape index (κ1) is 14.8. The minimum absolute atomic E-state index is 0.338. The molecular weight excluding hydrogens is 278 g/mol. The number of nitrogens with one attached hydrogen (secondary N) is 1. The Morgan fingerprint density at radius 2 is 1.94 bits per heavy atom. The van der Waals surface area contributed by atoms with Crippen LogP contribution in [0.15, 0.2) is 21.2 Å². The zero-order chi connectivity index (χ0) is 12.5. The molecule has 0 aliphatic rings. The van der Waals surface area contributed by atoms with E-state index in [9.17, 15) is 0 Å². The summed E-state index contributed by atoms with van der Waals surface area (Å²) in [5.41, 5.74) is 0. The van der Waals surface area contributed by atoms with Crippen LogP contribution in [0.4, 0.5) is 0 Å². The van der Waals surface area contributed by atoms with Gasteiger partial charge >= 0.3 is 0 Å². The van der Waals surface area contributed by atoms with Gasteiger partial charge in [-0.15, -0.1) is 0 Å². The van der Waals surface area contributed by atoms with Gasteiger partial charge in [0, 0.05) is 0 Å². The van der Waals surface area contributed by atoms with Gasteiger partial charge in [-0.05, 0) is 35.5 Å². The third-order valence-corrected chi connectivity index (χ3v) is 3.81. The Labute approximate surface area is 113 Å². The molecule has 0 spiro atoms. The van der Waals surface area contributed by atoms with Gasteiger partial charge in [-0.25, -0.2) is 0 Å². The average molecular weight is 302 g/mol. The van der Waals surface area contributed by atoms with E-state index in [4.69, 9.17) is 4.42 Å². The summed E-state index contributed by atoms with van der Waals surface area (Å²) in [6, 6.07) is 2.30. The fraction of sp³-hybridized carbons (Fsp3) is 0.714. The van der Waals surface area contributed by atoms with Crippen LogP contribution in [0, 0.1) is 0 Å². The van der Waals surface area contributed by atoms with Crippen LogP contribution in [-0.2, 0) is 0 Å². The number of furan rings is 1. The summed E-state index contributed by atoms with van der Waals surface area (Å²) in [7, 11) is 2.00. The maximum atomic E-state index is 5.50. The van der Waals surface area contributed by atoms with Crippen molar-refractivity contribution < 1.29 is 4.42 Å². The van der Waals surface area contributed by atoms with Gasteiger partial charge in [0.25, 0.3) is 0 Å². The maximum absolute atomic E-state index is 5.50. The second kappa shape index (κ2) is 8.76. The Morgan fingerprint density at radius 3 is 2.53 bits per heavy atom. The van der Waals surface area contributed by atoms with Crippen LogP contribution in [0.1, 0.15) is 63.7 Å². The quantitative estimate of drug-likeness (QED) is 0.645. The molecule has 1 atom stereocenters. The third kappa shape index (κ3) is 5.26. The minimum atomic E-state index is 0.338. The molecule has 1 N–H and O–H groups in total. The van der Waals surface area contributed by atoms with Crippen molar-refractivity contribution in [2.24, 2.45) is 0 Å². The van der Waals surface area contributed by atoms with Crippen molar-refractivity contribution in [3.05, 3.63) is 22.6 Å². The lowest BCUT2D eigenvalue weighted by Crippen LogP contribution is -2.16. The number of hydrogen-bond donors (Lipinski definition) is 1. The lowest BCUT2D eigenvalue weighted by molar-refractivity contribution is 0.399. The highest BCUT2D eigenvalue weighted by molar-refractivity contribution is 9.10. The molecular formula is C14H24BrNO.